The Morgan fingerprint density at radius 2 is 2.00 bits per heavy atom. The highest BCUT2D eigenvalue weighted by Crippen LogP contribution is 2.55. The maximum absolute atomic E-state index is 12.4. The zero-order valence-corrected chi connectivity index (χ0v) is 13.4. The van der Waals surface area contributed by atoms with Gasteiger partial charge in [0.05, 0.1) is 16.5 Å². The van der Waals surface area contributed by atoms with E-state index in [0.29, 0.717) is 11.3 Å². The van der Waals surface area contributed by atoms with Crippen molar-refractivity contribution in [2.75, 3.05) is 5.32 Å². The lowest BCUT2D eigenvalue weighted by molar-refractivity contribution is -0.385. The summed E-state index contributed by atoms with van der Waals surface area (Å²) in [5.74, 6) is -0.366. The van der Waals surface area contributed by atoms with Gasteiger partial charge in [-0.3, -0.25) is 10.1 Å². The topological polar surface area (TPSA) is 78.2 Å². The second-order valence-corrected chi connectivity index (χ2v) is 6.54. The number of nitrogens with zero attached hydrogens (tertiary/aromatic N) is 1. The first-order chi connectivity index (χ1) is 11.6. The van der Waals surface area contributed by atoms with Crippen LogP contribution in [0.5, 0.6) is 5.75 Å². The van der Waals surface area contributed by atoms with Crippen LogP contribution in [0.3, 0.4) is 0 Å². The highest BCUT2D eigenvalue weighted by atomic mass is 35.5. The Morgan fingerprint density at radius 1 is 1.25 bits per heavy atom. The van der Waals surface area contributed by atoms with Crippen molar-refractivity contribution in [3.8, 4) is 5.75 Å². The molecule has 1 heterocycles. The van der Waals surface area contributed by atoms with Crippen molar-refractivity contribution in [2.45, 2.75) is 18.4 Å². The summed E-state index contributed by atoms with van der Waals surface area (Å²) in [6.07, 6.45) is 4.79. The second kappa shape index (κ2) is 5.53. The highest BCUT2D eigenvalue weighted by Gasteiger charge is 2.42. The first kappa shape index (κ1) is 15.0. The molecule has 0 amide bonds. The Labute approximate surface area is 143 Å². The molecule has 2 aromatic rings. The number of halogens is 1. The second-order valence-electron chi connectivity index (χ2n) is 6.14. The van der Waals surface area contributed by atoms with Crippen LogP contribution < -0.4 is 10.4 Å². The quantitative estimate of drug-likeness (QED) is 0.505. The molecule has 0 radical (unpaired) electrons. The molecule has 0 saturated carbocycles. The van der Waals surface area contributed by atoms with Gasteiger partial charge in [0, 0.05) is 11.6 Å². The first-order valence-corrected chi connectivity index (χ1v) is 8.11. The van der Waals surface area contributed by atoms with Crippen molar-refractivity contribution in [3.63, 3.8) is 0 Å². The molecule has 1 N–H and O–H groups in total. The molecule has 2 aromatic carbocycles. The first-order valence-electron chi connectivity index (χ1n) is 7.74. The van der Waals surface area contributed by atoms with E-state index in [1.165, 1.54) is 0 Å². The molecule has 0 fully saturated rings. The molecule has 1 aliphatic heterocycles. The van der Waals surface area contributed by atoms with Gasteiger partial charge in [-0.05, 0) is 24.0 Å². The lowest BCUT2D eigenvalue weighted by Gasteiger charge is -2.39. The normalized spacial score (nSPS) is 24.1. The Hall–Kier alpha value is -2.53. The minimum Gasteiger partial charge on any atom is -0.871 e. The van der Waals surface area contributed by atoms with Crippen molar-refractivity contribution in [1.29, 1.82) is 0 Å². The highest BCUT2D eigenvalue weighted by molar-refractivity contribution is 6.33. The fraction of sp³-hybridized carbons (Fsp3) is 0.222. The number of allylic oxidation sites excluding steroid dienone is 2. The Kier molecular flexibility index (Phi) is 3.46. The minimum atomic E-state index is -0.492. The molecule has 3 atom stereocenters. The summed E-state index contributed by atoms with van der Waals surface area (Å²) in [5, 5.41) is 27.1. The van der Waals surface area contributed by atoms with Crippen LogP contribution >= 0.6 is 11.6 Å². The van der Waals surface area contributed by atoms with Crippen molar-refractivity contribution in [2.24, 2.45) is 5.92 Å². The van der Waals surface area contributed by atoms with Crippen molar-refractivity contribution < 1.29 is 10.0 Å². The van der Waals surface area contributed by atoms with Gasteiger partial charge >= 0.3 is 0 Å². The van der Waals surface area contributed by atoms with E-state index in [1.807, 2.05) is 42.5 Å². The van der Waals surface area contributed by atoms with Crippen LogP contribution in [-0.2, 0) is 0 Å². The molecule has 0 bridgehead atoms. The molecule has 24 heavy (non-hydrogen) atoms. The van der Waals surface area contributed by atoms with E-state index in [0.717, 1.165) is 18.1 Å². The summed E-state index contributed by atoms with van der Waals surface area (Å²) in [6.45, 7) is 0. The minimum absolute atomic E-state index is 0.0628. The third-order valence-corrected chi connectivity index (χ3v) is 5.16. The van der Waals surface area contributed by atoms with E-state index in [-0.39, 0.29) is 34.3 Å². The Bertz CT molecular complexity index is 851. The number of nitro benzene ring substituents is 1. The van der Waals surface area contributed by atoms with Crippen LogP contribution in [0.2, 0.25) is 5.02 Å². The molecule has 0 unspecified atom stereocenters. The fourth-order valence-corrected chi connectivity index (χ4v) is 4.14. The summed E-state index contributed by atoms with van der Waals surface area (Å²) in [4.78, 5) is 11.0. The summed E-state index contributed by atoms with van der Waals surface area (Å²) in [7, 11) is 0. The molecular weight excluding hydrogens is 328 g/mol. The zero-order valence-electron chi connectivity index (χ0n) is 12.6. The summed E-state index contributed by atoms with van der Waals surface area (Å²) < 4.78 is 0. The van der Waals surface area contributed by atoms with Gasteiger partial charge in [0.15, 0.2) is 0 Å². The van der Waals surface area contributed by atoms with Gasteiger partial charge in [0.25, 0.3) is 5.69 Å². The number of nitro groups is 1. The molecular formula is C18H14ClN2O3-. The molecule has 0 aromatic heterocycles. The smallest absolute Gasteiger partial charge is 0.293 e. The average Bonchev–Trinajstić information content (AvgIpc) is 3.04. The monoisotopic (exact) mass is 341 g/mol. The number of nitrogens with one attached hydrogen (secondary N) is 1. The van der Waals surface area contributed by atoms with E-state index < -0.39 is 4.92 Å². The third kappa shape index (κ3) is 2.16. The maximum Gasteiger partial charge on any atom is 0.293 e. The van der Waals surface area contributed by atoms with Gasteiger partial charge in [-0.15, -0.1) is 0 Å². The van der Waals surface area contributed by atoms with E-state index in [9.17, 15) is 15.2 Å². The lowest BCUT2D eigenvalue weighted by atomic mass is 9.76. The summed E-state index contributed by atoms with van der Waals surface area (Å²) in [5.41, 5.74) is 1.63. The number of fused-ring (bicyclic) bond motifs is 3. The third-order valence-electron chi connectivity index (χ3n) is 4.87. The Balaban J connectivity index is 1.92. The van der Waals surface area contributed by atoms with Crippen LogP contribution in [0, 0.1) is 16.0 Å². The van der Waals surface area contributed by atoms with E-state index in [2.05, 4.69) is 5.32 Å². The average molecular weight is 342 g/mol. The van der Waals surface area contributed by atoms with Crippen molar-refractivity contribution in [3.05, 3.63) is 74.8 Å². The molecule has 0 saturated heterocycles. The van der Waals surface area contributed by atoms with Gasteiger partial charge in [-0.25, -0.2) is 0 Å². The van der Waals surface area contributed by atoms with Crippen LogP contribution in [0.4, 0.5) is 11.4 Å². The number of anilines is 1. The van der Waals surface area contributed by atoms with E-state index in [4.69, 9.17) is 11.6 Å². The van der Waals surface area contributed by atoms with Gasteiger partial charge in [-0.2, -0.15) is 0 Å². The van der Waals surface area contributed by atoms with Gasteiger partial charge in [0.1, 0.15) is 5.02 Å². The van der Waals surface area contributed by atoms with Gasteiger partial charge in [-0.1, -0.05) is 59.8 Å². The number of hydrogen-bond acceptors (Lipinski definition) is 4. The molecule has 5 nitrogen and oxygen atoms in total. The summed E-state index contributed by atoms with van der Waals surface area (Å²) in [6, 6.07) is 10.9. The van der Waals surface area contributed by atoms with E-state index in [1.54, 1.807) is 0 Å². The van der Waals surface area contributed by atoms with Crippen LogP contribution in [0.25, 0.3) is 0 Å². The number of rotatable bonds is 2. The molecule has 6 heteroatoms. The van der Waals surface area contributed by atoms with Crippen LogP contribution in [0.15, 0.2) is 48.6 Å². The maximum atomic E-state index is 12.4. The predicted molar refractivity (Wildman–Crippen MR) is 90.3 cm³/mol. The van der Waals surface area contributed by atoms with Gasteiger partial charge < -0.3 is 10.4 Å². The Morgan fingerprint density at radius 3 is 2.71 bits per heavy atom. The molecule has 1 aliphatic carbocycles. The number of benzene rings is 2. The standard InChI is InChI=1S/C18H15ClN2O3/c19-13-9-14(22)17-15(18(13)21(23)24)11-7-4-8-12(11)16(20-17)10-5-2-1-3-6-10/h1-7,9,11-12,16,20,22H,8H2/p-1/t11-,12-,16-/m0/s1. The fourth-order valence-electron chi connectivity index (χ4n) is 3.87. The van der Waals surface area contributed by atoms with Crippen LogP contribution in [-0.4, -0.2) is 4.92 Å². The van der Waals surface area contributed by atoms with Crippen molar-refractivity contribution >= 4 is 23.0 Å². The van der Waals surface area contributed by atoms with Crippen molar-refractivity contribution in [1.82, 2.24) is 0 Å². The SMILES string of the molecule is O=[N+]([O-])c1c(Cl)cc([O-])c2c1[C@H]1C=CC[C@@H]1[C@H](c1ccccc1)N2. The zero-order chi connectivity index (χ0) is 16.8. The summed E-state index contributed by atoms with van der Waals surface area (Å²) >= 11 is 6.01. The molecule has 122 valence electrons. The lowest BCUT2D eigenvalue weighted by Crippen LogP contribution is -2.30. The van der Waals surface area contributed by atoms with Crippen LogP contribution in [0.1, 0.15) is 29.5 Å². The molecule has 0 spiro atoms. The molecule has 2 aliphatic rings. The predicted octanol–water partition coefficient (Wildman–Crippen LogP) is 4.15. The molecule has 4 rings (SSSR count). The van der Waals surface area contributed by atoms with E-state index >= 15 is 0 Å². The largest absolute Gasteiger partial charge is 0.871 e. The number of hydrogen-bond donors (Lipinski definition) is 1. The van der Waals surface area contributed by atoms with Gasteiger partial charge in [0.2, 0.25) is 0 Å².